The van der Waals surface area contributed by atoms with Gasteiger partial charge in [0.05, 0.1) is 0 Å². The monoisotopic (exact) mass is 191 g/mol. The second-order valence-electron chi connectivity index (χ2n) is 2.62. The average Bonchev–Trinajstić information content (AvgIpc) is 2.02. The standard InChI is InChI=1S/C8H8F3NO/c1-5-6(3-2-4-12-5)7(13)8(9,10)11/h2-4,7,13H,1H3/t7-/m0/s1. The molecule has 0 fully saturated rings. The zero-order valence-corrected chi connectivity index (χ0v) is 6.84. The van der Waals surface area contributed by atoms with Crippen molar-refractivity contribution in [2.45, 2.75) is 19.2 Å². The molecule has 0 spiro atoms. The zero-order valence-electron chi connectivity index (χ0n) is 6.84. The molecule has 1 N–H and O–H groups in total. The average molecular weight is 191 g/mol. The number of pyridine rings is 1. The van der Waals surface area contributed by atoms with Crippen molar-refractivity contribution in [3.63, 3.8) is 0 Å². The van der Waals surface area contributed by atoms with Gasteiger partial charge in [-0.2, -0.15) is 13.2 Å². The Bertz CT molecular complexity index is 298. The van der Waals surface area contributed by atoms with Crippen LogP contribution < -0.4 is 0 Å². The first kappa shape index (κ1) is 9.98. The minimum Gasteiger partial charge on any atom is -0.379 e. The van der Waals surface area contributed by atoms with E-state index in [1.165, 1.54) is 25.3 Å². The summed E-state index contributed by atoms with van der Waals surface area (Å²) in [7, 11) is 0. The summed E-state index contributed by atoms with van der Waals surface area (Å²) < 4.78 is 36.1. The van der Waals surface area contributed by atoms with Gasteiger partial charge < -0.3 is 5.11 Å². The van der Waals surface area contributed by atoms with Crippen molar-refractivity contribution in [2.24, 2.45) is 0 Å². The molecule has 0 aliphatic heterocycles. The van der Waals surface area contributed by atoms with Crippen LogP contribution in [0.5, 0.6) is 0 Å². The van der Waals surface area contributed by atoms with Crippen LogP contribution in [-0.4, -0.2) is 16.3 Å². The molecule has 1 aromatic rings. The van der Waals surface area contributed by atoms with Crippen LogP contribution in [-0.2, 0) is 0 Å². The molecule has 1 heterocycles. The van der Waals surface area contributed by atoms with Gasteiger partial charge in [-0.3, -0.25) is 4.98 Å². The van der Waals surface area contributed by atoms with Gasteiger partial charge in [-0.1, -0.05) is 6.07 Å². The number of halogens is 3. The molecule has 0 saturated heterocycles. The number of alkyl halides is 3. The van der Waals surface area contributed by atoms with E-state index in [1.54, 1.807) is 0 Å². The number of aliphatic hydroxyl groups is 1. The number of nitrogens with zero attached hydrogens (tertiary/aromatic N) is 1. The summed E-state index contributed by atoms with van der Waals surface area (Å²) >= 11 is 0. The van der Waals surface area contributed by atoms with Crippen molar-refractivity contribution in [1.29, 1.82) is 0 Å². The van der Waals surface area contributed by atoms with Crippen molar-refractivity contribution in [3.8, 4) is 0 Å². The van der Waals surface area contributed by atoms with Gasteiger partial charge in [-0.05, 0) is 13.0 Å². The maximum atomic E-state index is 12.0. The molecule has 5 heteroatoms. The second-order valence-corrected chi connectivity index (χ2v) is 2.62. The molecule has 0 aromatic carbocycles. The zero-order chi connectivity index (χ0) is 10.1. The van der Waals surface area contributed by atoms with E-state index < -0.39 is 12.3 Å². The minimum atomic E-state index is -4.63. The molecule has 0 aliphatic carbocycles. The van der Waals surface area contributed by atoms with Crippen LogP contribution in [0.15, 0.2) is 18.3 Å². The summed E-state index contributed by atoms with van der Waals surface area (Å²) in [6, 6.07) is 2.57. The number of hydrogen-bond donors (Lipinski definition) is 1. The molecule has 0 amide bonds. The maximum Gasteiger partial charge on any atom is 0.418 e. The van der Waals surface area contributed by atoms with Crippen LogP contribution in [0.3, 0.4) is 0 Å². The van der Waals surface area contributed by atoms with Crippen LogP contribution in [0.1, 0.15) is 17.4 Å². The predicted octanol–water partition coefficient (Wildman–Crippen LogP) is 1.99. The quantitative estimate of drug-likeness (QED) is 0.736. The summed E-state index contributed by atoms with van der Waals surface area (Å²) in [6.45, 7) is 1.42. The Morgan fingerprint density at radius 2 is 2.08 bits per heavy atom. The Kier molecular flexibility index (Phi) is 2.56. The Morgan fingerprint density at radius 1 is 1.46 bits per heavy atom. The molecular formula is C8H8F3NO. The smallest absolute Gasteiger partial charge is 0.379 e. The molecule has 0 aliphatic rings. The summed E-state index contributed by atoms with van der Waals surface area (Å²) in [6.07, 6.45) is -5.70. The number of aromatic nitrogens is 1. The Balaban J connectivity index is 3.02. The van der Waals surface area contributed by atoms with E-state index in [0.717, 1.165) is 0 Å². The highest BCUT2D eigenvalue weighted by molar-refractivity contribution is 5.21. The third kappa shape index (κ3) is 2.18. The molecule has 1 rings (SSSR count). The third-order valence-corrected chi connectivity index (χ3v) is 1.65. The molecule has 1 aromatic heterocycles. The van der Waals surface area contributed by atoms with E-state index in [-0.39, 0.29) is 11.3 Å². The van der Waals surface area contributed by atoms with Gasteiger partial charge in [-0.15, -0.1) is 0 Å². The predicted molar refractivity (Wildman–Crippen MR) is 40.0 cm³/mol. The van der Waals surface area contributed by atoms with E-state index in [9.17, 15) is 13.2 Å². The van der Waals surface area contributed by atoms with Crippen molar-refractivity contribution in [1.82, 2.24) is 4.98 Å². The van der Waals surface area contributed by atoms with Gasteiger partial charge >= 0.3 is 6.18 Å². The molecule has 2 nitrogen and oxygen atoms in total. The normalized spacial score (nSPS) is 14.2. The first-order valence-corrected chi connectivity index (χ1v) is 3.59. The molecular weight excluding hydrogens is 183 g/mol. The topological polar surface area (TPSA) is 33.1 Å². The Hall–Kier alpha value is -1.10. The highest BCUT2D eigenvalue weighted by Crippen LogP contribution is 2.32. The Labute approximate surface area is 73.0 Å². The van der Waals surface area contributed by atoms with Gasteiger partial charge in [0.1, 0.15) is 0 Å². The molecule has 0 bridgehead atoms. The van der Waals surface area contributed by atoms with Gasteiger partial charge in [0.15, 0.2) is 6.10 Å². The number of aryl methyl sites for hydroxylation is 1. The molecule has 72 valence electrons. The van der Waals surface area contributed by atoms with Crippen LogP contribution in [0, 0.1) is 6.92 Å². The lowest BCUT2D eigenvalue weighted by Gasteiger charge is -2.15. The summed E-state index contributed by atoms with van der Waals surface area (Å²) in [5.74, 6) is 0. The number of rotatable bonds is 1. The Morgan fingerprint density at radius 3 is 2.54 bits per heavy atom. The maximum absolute atomic E-state index is 12.0. The van der Waals surface area contributed by atoms with E-state index in [4.69, 9.17) is 5.11 Å². The van der Waals surface area contributed by atoms with Gasteiger partial charge in [0.25, 0.3) is 0 Å². The lowest BCUT2D eigenvalue weighted by atomic mass is 10.1. The van der Waals surface area contributed by atoms with E-state index in [1.807, 2.05) is 0 Å². The number of hydrogen-bond acceptors (Lipinski definition) is 2. The fourth-order valence-corrected chi connectivity index (χ4v) is 0.962. The molecule has 0 saturated carbocycles. The van der Waals surface area contributed by atoms with Crippen molar-refractivity contribution >= 4 is 0 Å². The summed E-state index contributed by atoms with van der Waals surface area (Å²) in [5, 5.41) is 8.87. The van der Waals surface area contributed by atoms with Crippen LogP contribution in [0.4, 0.5) is 13.2 Å². The summed E-state index contributed by atoms with van der Waals surface area (Å²) in [5.41, 5.74) is -0.0117. The van der Waals surface area contributed by atoms with Crippen LogP contribution in [0.2, 0.25) is 0 Å². The fourth-order valence-electron chi connectivity index (χ4n) is 0.962. The molecule has 0 radical (unpaired) electrons. The van der Waals surface area contributed by atoms with Crippen molar-refractivity contribution in [2.75, 3.05) is 0 Å². The first-order chi connectivity index (χ1) is 5.93. The van der Waals surface area contributed by atoms with E-state index in [0.29, 0.717) is 0 Å². The third-order valence-electron chi connectivity index (χ3n) is 1.65. The fraction of sp³-hybridized carbons (Fsp3) is 0.375. The van der Waals surface area contributed by atoms with Crippen molar-refractivity contribution in [3.05, 3.63) is 29.6 Å². The molecule has 0 unspecified atom stereocenters. The van der Waals surface area contributed by atoms with Crippen LogP contribution >= 0.6 is 0 Å². The van der Waals surface area contributed by atoms with Gasteiger partial charge in [0.2, 0.25) is 0 Å². The van der Waals surface area contributed by atoms with Gasteiger partial charge in [0, 0.05) is 17.5 Å². The van der Waals surface area contributed by atoms with Crippen LogP contribution in [0.25, 0.3) is 0 Å². The van der Waals surface area contributed by atoms with E-state index >= 15 is 0 Å². The van der Waals surface area contributed by atoms with Gasteiger partial charge in [-0.25, -0.2) is 0 Å². The first-order valence-electron chi connectivity index (χ1n) is 3.59. The highest BCUT2D eigenvalue weighted by Gasteiger charge is 2.40. The molecule has 13 heavy (non-hydrogen) atoms. The second kappa shape index (κ2) is 3.33. The minimum absolute atomic E-state index is 0.187. The SMILES string of the molecule is Cc1ncccc1[C@H](O)C(F)(F)F. The highest BCUT2D eigenvalue weighted by atomic mass is 19.4. The summed E-state index contributed by atoms with van der Waals surface area (Å²) in [4.78, 5) is 3.65. The molecule has 1 atom stereocenters. The number of aliphatic hydroxyl groups excluding tert-OH is 1. The lowest BCUT2D eigenvalue weighted by Crippen LogP contribution is -2.21. The lowest BCUT2D eigenvalue weighted by molar-refractivity contribution is -0.207. The van der Waals surface area contributed by atoms with E-state index in [2.05, 4.69) is 4.98 Å². The van der Waals surface area contributed by atoms with Crippen molar-refractivity contribution < 1.29 is 18.3 Å². The largest absolute Gasteiger partial charge is 0.418 e.